The number of carbonyl (C=O) groups excluding carboxylic acids is 3. The lowest BCUT2D eigenvalue weighted by Gasteiger charge is -2.29. The molecule has 172 valence electrons. The number of nitrogens with zero attached hydrogens (tertiary/aromatic N) is 1. The molecule has 0 aliphatic carbocycles. The predicted molar refractivity (Wildman–Crippen MR) is 121 cm³/mol. The molecule has 0 saturated carbocycles. The second-order valence-corrected chi connectivity index (χ2v) is 7.85. The van der Waals surface area contributed by atoms with Crippen molar-refractivity contribution in [1.82, 2.24) is 15.8 Å². The van der Waals surface area contributed by atoms with Crippen molar-refractivity contribution in [3.63, 3.8) is 0 Å². The van der Waals surface area contributed by atoms with Crippen LogP contribution in [0.25, 0.3) is 0 Å². The Hall–Kier alpha value is -3.55. The third-order valence-electron chi connectivity index (χ3n) is 4.81. The quantitative estimate of drug-likeness (QED) is 0.543. The summed E-state index contributed by atoms with van der Waals surface area (Å²) in [5.41, 5.74) is 3.99. The van der Waals surface area contributed by atoms with Gasteiger partial charge in [-0.2, -0.15) is 0 Å². The third kappa shape index (κ3) is 7.01. The van der Waals surface area contributed by atoms with Gasteiger partial charge in [-0.25, -0.2) is 15.2 Å². The van der Waals surface area contributed by atoms with Crippen molar-refractivity contribution in [3.05, 3.63) is 65.2 Å². The molecular weight excluding hydrogens is 410 g/mol. The average molecular weight is 442 g/mol. The van der Waals surface area contributed by atoms with Gasteiger partial charge in [0.15, 0.2) is 0 Å². The van der Waals surface area contributed by atoms with Crippen LogP contribution in [0.4, 0.5) is 4.79 Å². The van der Waals surface area contributed by atoms with Crippen LogP contribution in [0.1, 0.15) is 48.7 Å². The summed E-state index contributed by atoms with van der Waals surface area (Å²) in [6.45, 7) is 7.44. The molecule has 3 N–H and O–H groups in total. The molecule has 1 atom stereocenters. The lowest BCUT2D eigenvalue weighted by Crippen LogP contribution is -2.54. The zero-order chi connectivity index (χ0) is 23.7. The van der Waals surface area contributed by atoms with Crippen LogP contribution >= 0.6 is 0 Å². The van der Waals surface area contributed by atoms with Crippen LogP contribution in [0, 0.1) is 12.8 Å². The first-order valence-electron chi connectivity index (χ1n) is 10.6. The van der Waals surface area contributed by atoms with Crippen LogP contribution in [0.15, 0.2) is 48.5 Å². The highest BCUT2D eigenvalue weighted by Gasteiger charge is 2.29. The molecule has 0 aromatic heterocycles. The summed E-state index contributed by atoms with van der Waals surface area (Å²) in [4.78, 5) is 38.4. The molecule has 2 rings (SSSR count). The zero-order valence-electron chi connectivity index (χ0n) is 18.9. The van der Waals surface area contributed by atoms with E-state index in [2.05, 4.69) is 10.7 Å². The van der Waals surface area contributed by atoms with Gasteiger partial charge in [0, 0.05) is 11.1 Å². The van der Waals surface area contributed by atoms with Crippen LogP contribution in [0.5, 0.6) is 5.75 Å². The van der Waals surface area contributed by atoms with Gasteiger partial charge < -0.3 is 15.2 Å². The molecular formula is C24H31N3O5. The Morgan fingerprint density at radius 1 is 1.06 bits per heavy atom. The fraction of sp³-hybridized carbons (Fsp3) is 0.375. The van der Waals surface area contributed by atoms with Gasteiger partial charge in [-0.3, -0.25) is 9.59 Å². The van der Waals surface area contributed by atoms with Crippen molar-refractivity contribution in [2.75, 3.05) is 6.61 Å². The molecule has 0 fully saturated rings. The highest BCUT2D eigenvalue weighted by atomic mass is 16.6. The van der Waals surface area contributed by atoms with E-state index in [0.717, 1.165) is 10.6 Å². The molecule has 0 saturated heterocycles. The number of rotatable bonds is 8. The Balaban J connectivity index is 2.29. The Bertz CT molecular complexity index is 930. The molecule has 0 heterocycles. The number of aromatic hydroxyl groups is 1. The maximum atomic E-state index is 13.4. The van der Waals surface area contributed by atoms with E-state index in [-0.39, 0.29) is 30.4 Å². The Morgan fingerprint density at radius 2 is 1.75 bits per heavy atom. The lowest BCUT2D eigenvalue weighted by molar-refractivity contribution is -0.137. The molecule has 2 aromatic rings. The number of nitrogens with one attached hydrogen (secondary N) is 2. The minimum absolute atomic E-state index is 0.000863. The second kappa shape index (κ2) is 11.7. The van der Waals surface area contributed by atoms with Gasteiger partial charge in [0.05, 0.1) is 13.2 Å². The molecule has 3 amide bonds. The normalized spacial score (nSPS) is 11.5. The lowest BCUT2D eigenvalue weighted by atomic mass is 10.0. The van der Waals surface area contributed by atoms with Crippen molar-refractivity contribution in [3.8, 4) is 5.75 Å². The number of benzene rings is 2. The zero-order valence-corrected chi connectivity index (χ0v) is 18.9. The number of hydrazine groups is 1. The fourth-order valence-corrected chi connectivity index (χ4v) is 3.20. The summed E-state index contributed by atoms with van der Waals surface area (Å²) in [5.74, 6) is -0.857. The number of hydrogen-bond donors (Lipinski definition) is 3. The molecule has 0 unspecified atom stereocenters. The first-order chi connectivity index (χ1) is 15.2. The summed E-state index contributed by atoms with van der Waals surface area (Å²) in [5, 5.41) is 13.9. The molecule has 0 spiro atoms. The third-order valence-corrected chi connectivity index (χ3v) is 4.81. The molecule has 2 aromatic carbocycles. The van der Waals surface area contributed by atoms with Crippen molar-refractivity contribution >= 4 is 17.9 Å². The van der Waals surface area contributed by atoms with Gasteiger partial charge >= 0.3 is 6.09 Å². The topological polar surface area (TPSA) is 108 Å². The van der Waals surface area contributed by atoms with E-state index in [0.29, 0.717) is 12.0 Å². The molecule has 0 bridgehead atoms. The maximum absolute atomic E-state index is 13.4. The van der Waals surface area contributed by atoms with Crippen molar-refractivity contribution in [1.29, 1.82) is 0 Å². The van der Waals surface area contributed by atoms with E-state index >= 15 is 0 Å². The van der Waals surface area contributed by atoms with Gasteiger partial charge in [-0.05, 0) is 43.9 Å². The monoisotopic (exact) mass is 441 g/mol. The van der Waals surface area contributed by atoms with Gasteiger partial charge in [0.25, 0.3) is 11.8 Å². The number of phenolic OH excluding ortho intramolecular Hbond substituents is 1. The van der Waals surface area contributed by atoms with Crippen LogP contribution in [-0.4, -0.2) is 40.7 Å². The number of phenols is 1. The van der Waals surface area contributed by atoms with Crippen LogP contribution in [0.3, 0.4) is 0 Å². The highest BCUT2D eigenvalue weighted by Crippen LogP contribution is 2.20. The molecule has 32 heavy (non-hydrogen) atoms. The standard InChI is InChI=1S/C24H31N3O5/c1-5-32-24(31)26-27(15-18-10-7-6-8-11-18)23(30)20(14-16(2)3)25-22(29)19-12-9-13-21(28)17(19)4/h6-13,16,20,28H,5,14-15H2,1-4H3,(H,25,29)(H,26,31)/t20-/m0/s1. The minimum Gasteiger partial charge on any atom is -0.508 e. The summed E-state index contributed by atoms with van der Waals surface area (Å²) >= 11 is 0. The number of hydrogen-bond acceptors (Lipinski definition) is 5. The average Bonchev–Trinajstić information content (AvgIpc) is 2.74. The van der Waals surface area contributed by atoms with Gasteiger partial charge in [0.2, 0.25) is 0 Å². The molecule has 0 aliphatic heterocycles. The van der Waals surface area contributed by atoms with Crippen LogP contribution in [0.2, 0.25) is 0 Å². The second-order valence-electron chi connectivity index (χ2n) is 7.85. The van der Waals surface area contributed by atoms with Crippen molar-refractivity contribution in [2.45, 2.75) is 46.7 Å². The molecule has 8 heteroatoms. The summed E-state index contributed by atoms with van der Waals surface area (Å²) in [6, 6.07) is 12.9. The first kappa shape index (κ1) is 24.7. The highest BCUT2D eigenvalue weighted by molar-refractivity contribution is 5.99. The van der Waals surface area contributed by atoms with Crippen LogP contribution < -0.4 is 10.7 Å². The van der Waals surface area contributed by atoms with Gasteiger partial charge in [-0.15, -0.1) is 0 Å². The largest absolute Gasteiger partial charge is 0.508 e. The van der Waals surface area contributed by atoms with E-state index in [1.165, 1.54) is 6.07 Å². The SMILES string of the molecule is CCOC(=O)NN(Cc1ccccc1)C(=O)[C@H](CC(C)C)NC(=O)c1cccc(O)c1C. The molecule has 0 aliphatic rings. The minimum atomic E-state index is -0.894. The maximum Gasteiger partial charge on any atom is 0.426 e. The van der Waals surface area contributed by atoms with E-state index in [1.807, 2.05) is 44.2 Å². The number of carbonyl (C=O) groups is 3. The fourth-order valence-electron chi connectivity index (χ4n) is 3.20. The smallest absolute Gasteiger partial charge is 0.426 e. The first-order valence-corrected chi connectivity index (χ1v) is 10.6. The van der Waals surface area contributed by atoms with Gasteiger partial charge in [-0.1, -0.05) is 50.2 Å². The van der Waals surface area contributed by atoms with Gasteiger partial charge in [0.1, 0.15) is 11.8 Å². The van der Waals surface area contributed by atoms with E-state index < -0.39 is 23.9 Å². The van der Waals surface area contributed by atoms with E-state index in [9.17, 15) is 19.5 Å². The predicted octanol–water partition coefficient (Wildman–Crippen LogP) is 3.54. The van der Waals surface area contributed by atoms with Crippen molar-refractivity contribution < 1.29 is 24.2 Å². The number of amides is 3. The Labute approximate surface area is 188 Å². The van der Waals surface area contributed by atoms with E-state index in [1.54, 1.807) is 26.0 Å². The Kier molecular flexibility index (Phi) is 9.07. The molecule has 0 radical (unpaired) electrons. The Morgan fingerprint density at radius 3 is 2.38 bits per heavy atom. The molecule has 8 nitrogen and oxygen atoms in total. The summed E-state index contributed by atoms with van der Waals surface area (Å²) in [6.07, 6.45) is -0.395. The van der Waals surface area contributed by atoms with Crippen molar-refractivity contribution in [2.24, 2.45) is 5.92 Å². The summed E-state index contributed by atoms with van der Waals surface area (Å²) in [7, 11) is 0. The number of ether oxygens (including phenoxy) is 1. The summed E-state index contributed by atoms with van der Waals surface area (Å²) < 4.78 is 4.94. The van der Waals surface area contributed by atoms with E-state index in [4.69, 9.17) is 4.74 Å². The van der Waals surface area contributed by atoms with Crippen LogP contribution in [-0.2, 0) is 16.1 Å².